The van der Waals surface area contributed by atoms with Gasteiger partial charge in [-0.15, -0.1) is 15.3 Å². The van der Waals surface area contributed by atoms with Crippen LogP contribution in [0, 0.1) is 0 Å². The Balaban J connectivity index is 0.00000272. The second kappa shape index (κ2) is 21.5. The first kappa shape index (κ1) is 55.7. The number of hydrazone groups is 1. The van der Waals surface area contributed by atoms with E-state index >= 15 is 0 Å². The number of fused-ring (bicyclic) bond motifs is 3. The van der Waals surface area contributed by atoms with Crippen molar-refractivity contribution < 1.29 is 175 Å². The molecule has 0 saturated carbocycles. The van der Waals surface area contributed by atoms with Gasteiger partial charge in [0, 0.05) is 32.8 Å². The largest absolute Gasteiger partial charge is 1.00 e. The number of anilines is 2. The van der Waals surface area contributed by atoms with Crippen LogP contribution in [-0.4, -0.2) is 63.4 Å². The van der Waals surface area contributed by atoms with Gasteiger partial charge < -0.3 is 23.9 Å². The molecule has 306 valence electrons. The SMILES string of the molecule is Nc1ccc2c(c1)C=C(S(=O)(=O)[O-])/C(=N\Nc1ccc(N=Nc3ccc(N=Nc4cccc(S(=O)(=O)[O-])c4)c4cc(S(=O)(=O)[O-])ccc34)c3ccc(S(=O)(=O)[O-])cc13)C2=O.[Na+].[Na+].[Na+].[Na+]. The molecule has 0 atom stereocenters. The molecule has 0 spiro atoms. The van der Waals surface area contributed by atoms with Gasteiger partial charge in [-0.1, -0.05) is 18.2 Å². The number of Topliss-reactive ketones (excluding diaryl/α,β-unsaturated/α-hetero) is 1. The Labute approximate surface area is 453 Å². The van der Waals surface area contributed by atoms with Crippen LogP contribution in [-0.2, 0) is 40.5 Å². The quantitative estimate of drug-likeness (QED) is 0.0424. The molecule has 20 nitrogen and oxygen atoms in total. The second-order valence-electron chi connectivity index (χ2n) is 12.6. The van der Waals surface area contributed by atoms with Crippen LogP contribution in [0.1, 0.15) is 15.9 Å². The molecule has 0 heterocycles. The predicted octanol–water partition coefficient (Wildman–Crippen LogP) is -6.32. The number of azo groups is 2. The number of allylic oxidation sites excluding steroid dienone is 1. The van der Waals surface area contributed by atoms with Crippen LogP contribution >= 0.6 is 0 Å². The molecular formula is C36H21N7Na4O13S4. The minimum atomic E-state index is -5.28. The Morgan fingerprint density at radius 3 is 1.56 bits per heavy atom. The number of benzene rings is 6. The Kier molecular flexibility index (Phi) is 18.7. The molecule has 0 amide bonds. The zero-order valence-corrected chi connectivity index (χ0v) is 44.9. The van der Waals surface area contributed by atoms with Crippen molar-refractivity contribution in [3.63, 3.8) is 0 Å². The molecule has 0 fully saturated rings. The molecule has 1 aliphatic carbocycles. The Bertz CT molecular complexity index is 3470. The van der Waals surface area contributed by atoms with E-state index in [1.807, 2.05) is 0 Å². The number of nitrogens with two attached hydrogens (primary N) is 1. The Morgan fingerprint density at radius 2 is 1.00 bits per heavy atom. The third-order valence-electron chi connectivity index (χ3n) is 8.74. The van der Waals surface area contributed by atoms with Crippen LogP contribution in [0.2, 0.25) is 0 Å². The van der Waals surface area contributed by atoms with E-state index in [-0.39, 0.29) is 185 Å². The fraction of sp³-hybridized carbons (Fsp3) is 0. The van der Waals surface area contributed by atoms with Gasteiger partial charge in [0.2, 0.25) is 5.78 Å². The maximum Gasteiger partial charge on any atom is 1.00 e. The van der Waals surface area contributed by atoms with E-state index in [1.165, 1.54) is 66.7 Å². The summed E-state index contributed by atoms with van der Waals surface area (Å²) in [6, 6.07) is 20.4. The van der Waals surface area contributed by atoms with Gasteiger partial charge in [-0.25, -0.2) is 33.7 Å². The molecule has 64 heavy (non-hydrogen) atoms. The van der Waals surface area contributed by atoms with Gasteiger partial charge in [0.25, 0.3) is 0 Å². The van der Waals surface area contributed by atoms with Crippen LogP contribution in [0.3, 0.4) is 0 Å². The van der Waals surface area contributed by atoms with Crippen LogP contribution < -0.4 is 129 Å². The molecule has 0 aliphatic heterocycles. The number of nitrogen functional groups attached to an aromatic ring is 1. The fourth-order valence-corrected chi connectivity index (χ4v) is 8.12. The summed E-state index contributed by atoms with van der Waals surface area (Å²) in [6.45, 7) is 0. The number of rotatable bonds is 10. The van der Waals surface area contributed by atoms with Crippen molar-refractivity contribution in [1.29, 1.82) is 0 Å². The van der Waals surface area contributed by atoms with Gasteiger partial charge in [0.1, 0.15) is 46.2 Å². The molecule has 1 aliphatic rings. The topological polar surface area (TPSA) is 346 Å². The van der Waals surface area contributed by atoms with E-state index in [1.54, 1.807) is 0 Å². The van der Waals surface area contributed by atoms with Crippen molar-refractivity contribution in [1.82, 2.24) is 0 Å². The van der Waals surface area contributed by atoms with Crippen LogP contribution in [0.4, 0.5) is 34.1 Å². The van der Waals surface area contributed by atoms with Gasteiger partial charge in [-0.05, 0) is 96.6 Å². The third kappa shape index (κ3) is 12.5. The maximum absolute atomic E-state index is 13.4. The van der Waals surface area contributed by atoms with E-state index < -0.39 is 71.6 Å². The summed E-state index contributed by atoms with van der Waals surface area (Å²) < 4.78 is 143. The van der Waals surface area contributed by atoms with Gasteiger partial charge in [-0.3, -0.25) is 10.2 Å². The van der Waals surface area contributed by atoms with E-state index in [0.29, 0.717) is 0 Å². The minimum absolute atomic E-state index is 0. The maximum atomic E-state index is 13.4. The van der Waals surface area contributed by atoms with Crippen molar-refractivity contribution in [3.8, 4) is 0 Å². The van der Waals surface area contributed by atoms with Gasteiger partial charge in [-0.2, -0.15) is 10.2 Å². The summed E-state index contributed by atoms with van der Waals surface area (Å²) in [7, 11) is -20.1. The van der Waals surface area contributed by atoms with Crippen LogP contribution in [0.15, 0.2) is 148 Å². The third-order valence-corrected chi connectivity index (χ3v) is 12.1. The number of carbonyl (C=O) groups is 1. The van der Waals surface area contributed by atoms with Crippen molar-refractivity contribution in [2.45, 2.75) is 14.7 Å². The first-order valence-electron chi connectivity index (χ1n) is 16.5. The summed E-state index contributed by atoms with van der Waals surface area (Å²) in [5.74, 6) is -0.949. The number of hydrogen-bond acceptors (Lipinski definition) is 20. The van der Waals surface area contributed by atoms with Crippen molar-refractivity contribution in [2.75, 3.05) is 11.2 Å². The summed E-state index contributed by atoms with van der Waals surface area (Å²) in [4.78, 5) is 10.5. The molecule has 0 radical (unpaired) electrons. The van der Waals surface area contributed by atoms with E-state index in [9.17, 15) is 56.7 Å². The average molecular weight is 980 g/mol. The number of nitrogens with zero attached hydrogens (tertiary/aromatic N) is 5. The summed E-state index contributed by atoms with van der Waals surface area (Å²) in [5, 5.41) is 20.8. The van der Waals surface area contributed by atoms with E-state index in [2.05, 4.69) is 31.0 Å². The summed E-state index contributed by atoms with van der Waals surface area (Å²) in [5.41, 5.74) is 7.66. The smallest absolute Gasteiger partial charge is 0.744 e. The molecule has 0 aromatic heterocycles. The molecule has 3 N–H and O–H groups in total. The first-order chi connectivity index (χ1) is 28.1. The summed E-state index contributed by atoms with van der Waals surface area (Å²) in [6.07, 6.45) is 0.933. The van der Waals surface area contributed by atoms with Crippen LogP contribution in [0.25, 0.3) is 27.6 Å². The minimum Gasteiger partial charge on any atom is -0.744 e. The number of ketones is 1. The number of carbonyl (C=O) groups excluding carboxylic acids is 1. The molecular weight excluding hydrogens is 959 g/mol. The first-order valence-corrected chi connectivity index (χ1v) is 22.1. The predicted molar refractivity (Wildman–Crippen MR) is 210 cm³/mol. The zero-order valence-electron chi connectivity index (χ0n) is 33.6. The molecule has 6 aromatic rings. The van der Waals surface area contributed by atoms with Crippen molar-refractivity contribution >= 4 is 114 Å². The zero-order chi connectivity index (χ0) is 43.4. The molecule has 6 aromatic carbocycles. The van der Waals surface area contributed by atoms with Crippen molar-refractivity contribution in [3.05, 3.63) is 119 Å². The van der Waals surface area contributed by atoms with E-state index in [4.69, 9.17) is 5.73 Å². The van der Waals surface area contributed by atoms with Gasteiger partial charge >= 0.3 is 118 Å². The monoisotopic (exact) mass is 979 g/mol. The standard InChI is InChI=1S/C36H25N7O13S4.4Na/c37-20-4-7-25-19(14-20)15-34(60(54,55)56)35(36(25)44)43-42-33-13-11-31(27-9-6-24(18-29(27)33)59(51,52)53)41-40-30-10-12-32(28-17-23(58(48,49)50)5-8-26(28)30)39-38-21-2-1-3-22(16-21)57(45,46)47;;;;/h1-18,42H,37H2,(H,45,46,47)(H,48,49,50)(H,51,52,53)(H,54,55,56);;;;/q;4*+1/p-4/b39-38?,41-40?,43-35+;;;;. The molecule has 28 heteroatoms. The summed E-state index contributed by atoms with van der Waals surface area (Å²) >= 11 is 0. The molecule has 0 unspecified atom stereocenters. The molecule has 0 bridgehead atoms. The average Bonchev–Trinajstić information content (AvgIpc) is 3.17. The molecule has 7 rings (SSSR count). The normalized spacial score (nSPS) is 13.7. The second-order valence-corrected chi connectivity index (χ2v) is 18.1. The Hall–Kier alpha value is -2.64. The van der Waals surface area contributed by atoms with Crippen LogP contribution in [0.5, 0.6) is 0 Å². The van der Waals surface area contributed by atoms with Gasteiger partial charge in [0.05, 0.1) is 48.0 Å². The fourth-order valence-electron chi connectivity index (χ4n) is 5.97. The van der Waals surface area contributed by atoms with Crippen molar-refractivity contribution in [2.24, 2.45) is 25.6 Å². The van der Waals surface area contributed by atoms with E-state index in [0.717, 1.165) is 42.5 Å². The molecule has 0 saturated heterocycles. The Morgan fingerprint density at radius 1 is 0.500 bits per heavy atom. The number of nitrogens with one attached hydrogen (secondary N) is 1. The number of hydrogen-bond donors (Lipinski definition) is 2. The van der Waals surface area contributed by atoms with Gasteiger partial charge in [0.15, 0.2) is 0 Å².